The van der Waals surface area contributed by atoms with Crippen molar-refractivity contribution in [3.63, 3.8) is 0 Å². The number of likely N-dealkylation sites (N-methyl/N-ethyl adjacent to an activating group) is 1. The van der Waals surface area contributed by atoms with Crippen molar-refractivity contribution in [3.8, 4) is 11.5 Å². The minimum Gasteiger partial charge on any atom is -0.541 e. The first-order valence-corrected chi connectivity index (χ1v) is 13.4. The normalized spacial score (nSPS) is 33.5. The molecule has 1 aromatic carbocycles. The van der Waals surface area contributed by atoms with Gasteiger partial charge in [0.25, 0.3) is 8.32 Å². The number of hydrogen-bond acceptors (Lipinski definition) is 4. The van der Waals surface area contributed by atoms with Crippen molar-refractivity contribution in [3.05, 3.63) is 35.4 Å². The molecule has 5 rings (SSSR count). The molecule has 4 unspecified atom stereocenters. The van der Waals surface area contributed by atoms with E-state index in [1.165, 1.54) is 11.1 Å². The van der Waals surface area contributed by atoms with Gasteiger partial charge in [-0.05, 0) is 62.3 Å². The molecule has 0 saturated carbocycles. The maximum Gasteiger partial charge on any atom is 0.250 e. The lowest BCUT2D eigenvalue weighted by atomic mass is 9.53. The Morgan fingerprint density at radius 3 is 2.75 bits per heavy atom. The topological polar surface area (TPSA) is 38.8 Å². The number of likely N-dealkylation sites (tertiary alicyclic amines) is 1. The maximum absolute atomic E-state index is 12.9. The fourth-order valence-electron chi connectivity index (χ4n) is 5.58. The third-order valence-electron chi connectivity index (χ3n) is 8.16. The van der Waals surface area contributed by atoms with Gasteiger partial charge in [0.15, 0.2) is 17.6 Å². The molecule has 1 aromatic rings. The van der Waals surface area contributed by atoms with E-state index in [-0.39, 0.29) is 16.2 Å². The molecular formula is C23H31NO3Si. The van der Waals surface area contributed by atoms with Crippen molar-refractivity contribution in [1.29, 1.82) is 0 Å². The average Bonchev–Trinajstić information content (AvgIpc) is 2.96. The van der Waals surface area contributed by atoms with Gasteiger partial charge in [-0.2, -0.15) is 0 Å². The summed E-state index contributed by atoms with van der Waals surface area (Å²) in [5.74, 6) is 2.16. The van der Waals surface area contributed by atoms with Gasteiger partial charge in [0.1, 0.15) is 5.75 Å². The Kier molecular flexibility index (Phi) is 3.63. The summed E-state index contributed by atoms with van der Waals surface area (Å²) in [6.45, 7) is 12.3. The predicted octanol–water partition coefficient (Wildman–Crippen LogP) is 4.08. The molecule has 1 spiro atoms. The van der Waals surface area contributed by atoms with Gasteiger partial charge in [0, 0.05) is 17.5 Å². The molecule has 2 heterocycles. The Hall–Kier alpha value is -1.59. The fraction of sp³-hybridized carbons (Fsp3) is 0.609. The molecule has 0 aromatic heterocycles. The second-order valence-corrected chi connectivity index (χ2v) is 15.3. The summed E-state index contributed by atoms with van der Waals surface area (Å²) in [6.07, 6.45) is 5.53. The van der Waals surface area contributed by atoms with E-state index >= 15 is 0 Å². The highest BCUT2D eigenvalue weighted by Crippen LogP contribution is 2.62. The largest absolute Gasteiger partial charge is 0.541 e. The third kappa shape index (κ3) is 2.18. The molecule has 4 atom stereocenters. The Labute approximate surface area is 169 Å². The monoisotopic (exact) mass is 397 g/mol. The van der Waals surface area contributed by atoms with E-state index in [4.69, 9.17) is 9.16 Å². The van der Waals surface area contributed by atoms with Gasteiger partial charge >= 0.3 is 0 Å². The standard InChI is InChI=1S/C23H31NO3Si/c1-22(2,3)28(5,6)27-18-10-7-14-13-16-15-8-9-17(25)21-23(15,11-12-24(16)4)19(14)20(18)26-21/h7-10,15-16,21H,11-13H2,1-6H3. The molecule has 5 heteroatoms. The van der Waals surface area contributed by atoms with E-state index in [1.54, 1.807) is 6.08 Å². The number of carbonyl (C=O) groups is 1. The summed E-state index contributed by atoms with van der Waals surface area (Å²) in [7, 11) is 0.211. The van der Waals surface area contributed by atoms with Crippen LogP contribution in [0.15, 0.2) is 24.3 Å². The third-order valence-corrected chi connectivity index (χ3v) is 12.5. The van der Waals surface area contributed by atoms with Crippen LogP contribution in [0.5, 0.6) is 11.5 Å². The zero-order valence-electron chi connectivity index (χ0n) is 17.8. The van der Waals surface area contributed by atoms with Gasteiger partial charge in [0.2, 0.25) is 0 Å². The van der Waals surface area contributed by atoms with Crippen LogP contribution in [0.4, 0.5) is 0 Å². The number of ketones is 1. The van der Waals surface area contributed by atoms with Crippen LogP contribution in [-0.4, -0.2) is 44.7 Å². The number of benzene rings is 1. The molecule has 4 aliphatic rings. The van der Waals surface area contributed by atoms with Gasteiger partial charge in [-0.1, -0.05) is 32.9 Å². The van der Waals surface area contributed by atoms with Gasteiger partial charge in [-0.3, -0.25) is 4.79 Å². The summed E-state index contributed by atoms with van der Waals surface area (Å²) in [6, 6.07) is 4.77. The highest BCUT2D eigenvalue weighted by atomic mass is 28.4. The number of piperidine rings is 1. The molecular weight excluding hydrogens is 366 g/mol. The Bertz CT molecular complexity index is 900. The van der Waals surface area contributed by atoms with Gasteiger partial charge in [-0.15, -0.1) is 0 Å². The summed E-state index contributed by atoms with van der Waals surface area (Å²) < 4.78 is 13.2. The molecule has 28 heavy (non-hydrogen) atoms. The minimum absolute atomic E-state index is 0.109. The molecule has 4 nitrogen and oxygen atoms in total. The molecule has 1 saturated heterocycles. The molecule has 0 amide bonds. The lowest BCUT2D eigenvalue weighted by Gasteiger charge is -2.55. The van der Waals surface area contributed by atoms with E-state index in [9.17, 15) is 4.79 Å². The predicted molar refractivity (Wildman–Crippen MR) is 113 cm³/mol. The number of hydrogen-bond donors (Lipinski definition) is 0. The van der Waals surface area contributed by atoms with Crippen LogP contribution in [0.1, 0.15) is 38.3 Å². The van der Waals surface area contributed by atoms with Crippen molar-refractivity contribution >= 4 is 14.1 Å². The molecule has 2 aliphatic heterocycles. The molecule has 1 fully saturated rings. The minimum atomic E-state index is -2.00. The first-order valence-electron chi connectivity index (χ1n) is 10.5. The van der Waals surface area contributed by atoms with Crippen LogP contribution < -0.4 is 9.16 Å². The summed E-state index contributed by atoms with van der Waals surface area (Å²) in [4.78, 5) is 15.4. The molecule has 150 valence electrons. The Morgan fingerprint density at radius 2 is 2.04 bits per heavy atom. The summed E-state index contributed by atoms with van der Waals surface area (Å²) in [5.41, 5.74) is 2.41. The highest BCUT2D eigenvalue weighted by Gasteiger charge is 2.64. The van der Waals surface area contributed by atoms with Crippen molar-refractivity contribution in [2.24, 2.45) is 5.92 Å². The van der Waals surface area contributed by atoms with Crippen LogP contribution in [0.3, 0.4) is 0 Å². The van der Waals surface area contributed by atoms with Gasteiger partial charge in [0.05, 0.1) is 5.41 Å². The van der Waals surface area contributed by atoms with Crippen molar-refractivity contribution in [1.82, 2.24) is 4.90 Å². The number of rotatable bonds is 2. The zero-order chi connectivity index (χ0) is 20.1. The number of carbonyl (C=O) groups excluding carboxylic acids is 1. The van der Waals surface area contributed by atoms with E-state index in [1.807, 2.05) is 0 Å². The Balaban J connectivity index is 1.68. The average molecular weight is 398 g/mol. The maximum atomic E-state index is 12.9. The highest BCUT2D eigenvalue weighted by molar-refractivity contribution is 6.74. The quantitative estimate of drug-likeness (QED) is 0.705. The van der Waals surface area contributed by atoms with E-state index < -0.39 is 14.4 Å². The van der Waals surface area contributed by atoms with Crippen molar-refractivity contribution in [2.75, 3.05) is 13.6 Å². The zero-order valence-corrected chi connectivity index (χ0v) is 18.8. The van der Waals surface area contributed by atoms with Crippen molar-refractivity contribution < 1.29 is 14.0 Å². The smallest absolute Gasteiger partial charge is 0.250 e. The molecule has 0 N–H and O–H groups in total. The second-order valence-electron chi connectivity index (χ2n) is 10.6. The van der Waals surface area contributed by atoms with Gasteiger partial charge < -0.3 is 14.1 Å². The first-order chi connectivity index (χ1) is 13.1. The molecule has 2 bridgehead atoms. The van der Waals surface area contributed by atoms with Crippen LogP contribution >= 0.6 is 0 Å². The Morgan fingerprint density at radius 1 is 1.29 bits per heavy atom. The SMILES string of the molecule is CN1CCC23c4c5ccc(O[Si](C)(C)C(C)(C)C)c4OC2C(=O)C=CC3C1C5. The number of ether oxygens (including phenoxy) is 1. The lowest BCUT2D eigenvalue weighted by molar-refractivity contribution is -0.127. The summed E-state index contributed by atoms with van der Waals surface area (Å²) >= 11 is 0. The number of nitrogens with zero attached hydrogens (tertiary/aromatic N) is 1. The van der Waals surface area contributed by atoms with Crippen LogP contribution in [0.25, 0.3) is 0 Å². The second kappa shape index (κ2) is 5.51. The lowest BCUT2D eigenvalue weighted by Crippen LogP contribution is -2.64. The first kappa shape index (κ1) is 18.4. The van der Waals surface area contributed by atoms with E-state index in [2.05, 4.69) is 64.0 Å². The van der Waals surface area contributed by atoms with Crippen LogP contribution in [0, 0.1) is 5.92 Å². The van der Waals surface area contributed by atoms with E-state index in [0.717, 1.165) is 30.9 Å². The summed E-state index contributed by atoms with van der Waals surface area (Å²) in [5, 5.41) is 0.109. The van der Waals surface area contributed by atoms with Crippen LogP contribution in [0.2, 0.25) is 18.1 Å². The van der Waals surface area contributed by atoms with Crippen LogP contribution in [-0.2, 0) is 16.6 Å². The molecule has 0 radical (unpaired) electrons. The molecule has 2 aliphatic carbocycles. The van der Waals surface area contributed by atoms with Gasteiger partial charge in [-0.25, -0.2) is 0 Å². The van der Waals surface area contributed by atoms with E-state index in [0.29, 0.717) is 12.0 Å². The fourth-order valence-corrected chi connectivity index (χ4v) is 6.60. The van der Waals surface area contributed by atoms with Crippen molar-refractivity contribution in [2.45, 2.75) is 69.3 Å².